The highest BCUT2D eigenvalue weighted by Gasteiger charge is 2.46. The minimum atomic E-state index is -4.51. The fraction of sp³-hybridized carbons (Fsp3) is 0.529. The number of hydrogen-bond donors (Lipinski definition) is 2. The zero-order valence-electron chi connectivity index (χ0n) is 14.5. The van der Waals surface area contributed by atoms with Gasteiger partial charge in [-0.3, -0.25) is 4.90 Å². The van der Waals surface area contributed by atoms with Crippen LogP contribution in [0.25, 0.3) is 0 Å². The summed E-state index contributed by atoms with van der Waals surface area (Å²) < 4.78 is 41.4. The van der Waals surface area contributed by atoms with E-state index in [1.807, 2.05) is 6.26 Å². The number of halogens is 3. The predicted molar refractivity (Wildman–Crippen MR) is 100 cm³/mol. The van der Waals surface area contributed by atoms with E-state index in [1.165, 1.54) is 22.7 Å². The van der Waals surface area contributed by atoms with Crippen LogP contribution in [0.5, 0.6) is 0 Å². The summed E-state index contributed by atoms with van der Waals surface area (Å²) in [5.74, 6) is 0.424. The van der Waals surface area contributed by atoms with Crippen LogP contribution in [0, 0.1) is 0 Å². The summed E-state index contributed by atoms with van der Waals surface area (Å²) in [6, 6.07) is 4.22. The molecule has 0 saturated heterocycles. The fourth-order valence-corrected chi connectivity index (χ4v) is 4.34. The van der Waals surface area contributed by atoms with Crippen molar-refractivity contribution in [2.24, 2.45) is 21.5 Å². The molecule has 3 rings (SSSR count). The Labute approximate surface area is 154 Å². The Morgan fingerprint density at radius 3 is 2.50 bits per heavy atom. The lowest BCUT2D eigenvalue weighted by atomic mass is 9.86. The average Bonchev–Trinajstić information content (AvgIpc) is 2.55. The van der Waals surface area contributed by atoms with E-state index in [9.17, 15) is 13.2 Å². The Kier molecular flexibility index (Phi) is 5.09. The third-order valence-corrected chi connectivity index (χ3v) is 5.40. The Hall–Kier alpha value is -1.90. The SMILES string of the molecule is CSCc1cccc(C(F)(F)F)c1N1C(N)=NC(N)=NC12CCCCC2. The number of thioether (sulfide) groups is 1. The van der Waals surface area contributed by atoms with Gasteiger partial charge in [-0.1, -0.05) is 18.6 Å². The summed E-state index contributed by atoms with van der Waals surface area (Å²) in [6.45, 7) is 0. The molecule has 0 unspecified atom stereocenters. The van der Waals surface area contributed by atoms with Gasteiger partial charge in [0.25, 0.3) is 0 Å². The van der Waals surface area contributed by atoms with Gasteiger partial charge in [0.1, 0.15) is 5.66 Å². The fourth-order valence-electron chi connectivity index (χ4n) is 3.80. The van der Waals surface area contributed by atoms with Crippen molar-refractivity contribution in [3.05, 3.63) is 29.3 Å². The second-order valence-electron chi connectivity index (χ2n) is 6.56. The maximum Gasteiger partial charge on any atom is 0.418 e. The molecule has 26 heavy (non-hydrogen) atoms. The molecule has 1 heterocycles. The van der Waals surface area contributed by atoms with Crippen molar-refractivity contribution in [3.63, 3.8) is 0 Å². The molecule has 1 aromatic carbocycles. The number of alkyl halides is 3. The van der Waals surface area contributed by atoms with E-state index in [1.54, 1.807) is 6.07 Å². The standard InChI is InChI=1S/C17H22F3N5S/c1-26-10-11-6-5-7-12(17(18,19)20)13(11)25-15(22)23-14(21)24-16(25)8-3-2-4-9-16/h5-7H,2-4,8-10H2,1H3,(H4,21,22,23,24). The van der Waals surface area contributed by atoms with Crippen molar-refractivity contribution < 1.29 is 13.2 Å². The number of benzene rings is 1. The van der Waals surface area contributed by atoms with Crippen molar-refractivity contribution in [1.82, 2.24) is 0 Å². The Balaban J connectivity index is 2.24. The first-order valence-corrected chi connectivity index (χ1v) is 9.85. The summed E-state index contributed by atoms with van der Waals surface area (Å²) in [7, 11) is 0. The van der Waals surface area contributed by atoms with Crippen molar-refractivity contribution in [1.29, 1.82) is 0 Å². The number of nitrogens with zero attached hydrogens (tertiary/aromatic N) is 3. The first-order valence-electron chi connectivity index (χ1n) is 8.46. The molecule has 142 valence electrons. The van der Waals surface area contributed by atoms with E-state index in [0.717, 1.165) is 25.3 Å². The minimum absolute atomic E-state index is 0.0246. The first-order chi connectivity index (χ1) is 12.3. The summed E-state index contributed by atoms with van der Waals surface area (Å²) in [5, 5.41) is 0. The monoisotopic (exact) mass is 385 g/mol. The van der Waals surface area contributed by atoms with Crippen LogP contribution in [0.15, 0.2) is 28.2 Å². The maximum absolute atomic E-state index is 13.8. The van der Waals surface area contributed by atoms with E-state index >= 15 is 0 Å². The van der Waals surface area contributed by atoms with Gasteiger partial charge in [0.05, 0.1) is 11.3 Å². The number of rotatable bonds is 3. The molecule has 1 fully saturated rings. The largest absolute Gasteiger partial charge is 0.418 e. The number of guanidine groups is 2. The normalized spacial score (nSPS) is 20.1. The highest BCUT2D eigenvalue weighted by molar-refractivity contribution is 7.97. The Morgan fingerprint density at radius 2 is 1.88 bits per heavy atom. The van der Waals surface area contributed by atoms with Crippen molar-refractivity contribution in [2.75, 3.05) is 11.2 Å². The second-order valence-corrected chi connectivity index (χ2v) is 7.43. The van der Waals surface area contributed by atoms with Crippen LogP contribution in [0.2, 0.25) is 0 Å². The molecule has 0 radical (unpaired) electrons. The highest BCUT2D eigenvalue weighted by atomic mass is 32.2. The van der Waals surface area contributed by atoms with E-state index in [2.05, 4.69) is 9.98 Å². The van der Waals surface area contributed by atoms with Crippen LogP contribution in [-0.4, -0.2) is 23.8 Å². The van der Waals surface area contributed by atoms with Gasteiger partial charge in [0, 0.05) is 5.75 Å². The molecule has 5 nitrogen and oxygen atoms in total. The average molecular weight is 385 g/mol. The smallest absolute Gasteiger partial charge is 0.369 e. The topological polar surface area (TPSA) is 80.0 Å². The molecule has 1 spiro atoms. The molecule has 2 aliphatic rings. The quantitative estimate of drug-likeness (QED) is 0.832. The summed E-state index contributed by atoms with van der Waals surface area (Å²) in [5.41, 5.74) is 10.9. The van der Waals surface area contributed by atoms with Crippen LogP contribution in [-0.2, 0) is 11.9 Å². The van der Waals surface area contributed by atoms with Crippen LogP contribution in [0.3, 0.4) is 0 Å². The highest BCUT2D eigenvalue weighted by Crippen LogP contribution is 2.46. The number of aliphatic imine (C=N–C) groups is 2. The van der Waals surface area contributed by atoms with Gasteiger partial charge >= 0.3 is 6.18 Å². The second kappa shape index (κ2) is 7.02. The lowest BCUT2D eigenvalue weighted by molar-refractivity contribution is -0.137. The number of para-hydroxylation sites is 1. The van der Waals surface area contributed by atoms with Crippen molar-refractivity contribution in [2.45, 2.75) is 49.7 Å². The third-order valence-electron chi connectivity index (χ3n) is 4.80. The van der Waals surface area contributed by atoms with Gasteiger partial charge in [-0.15, -0.1) is 0 Å². The zero-order chi connectivity index (χ0) is 18.9. The zero-order valence-corrected chi connectivity index (χ0v) is 15.3. The number of anilines is 1. The van der Waals surface area contributed by atoms with E-state index in [-0.39, 0.29) is 17.6 Å². The molecule has 1 saturated carbocycles. The van der Waals surface area contributed by atoms with Gasteiger partial charge in [-0.25, -0.2) is 4.99 Å². The molecule has 1 aromatic rings. The Morgan fingerprint density at radius 1 is 1.19 bits per heavy atom. The molecule has 1 aliphatic heterocycles. The van der Waals surface area contributed by atoms with Gasteiger partial charge in [-0.05, 0) is 43.6 Å². The van der Waals surface area contributed by atoms with Crippen molar-refractivity contribution in [3.8, 4) is 0 Å². The lowest BCUT2D eigenvalue weighted by Crippen LogP contribution is -2.59. The number of nitrogens with two attached hydrogens (primary N) is 2. The minimum Gasteiger partial charge on any atom is -0.369 e. The van der Waals surface area contributed by atoms with Gasteiger partial charge in [-0.2, -0.15) is 29.9 Å². The van der Waals surface area contributed by atoms with Crippen LogP contribution >= 0.6 is 11.8 Å². The summed E-state index contributed by atoms with van der Waals surface area (Å²) in [4.78, 5) is 9.96. The molecule has 0 atom stereocenters. The Bertz CT molecular complexity index is 738. The van der Waals surface area contributed by atoms with Gasteiger partial charge in [0.15, 0.2) is 0 Å². The van der Waals surface area contributed by atoms with Crippen LogP contribution in [0.4, 0.5) is 18.9 Å². The summed E-state index contributed by atoms with van der Waals surface area (Å²) >= 11 is 1.45. The molecular formula is C17H22F3N5S. The molecule has 9 heteroatoms. The third kappa shape index (κ3) is 3.36. The molecule has 0 bridgehead atoms. The maximum atomic E-state index is 13.8. The van der Waals surface area contributed by atoms with E-state index < -0.39 is 17.4 Å². The molecule has 1 aliphatic carbocycles. The van der Waals surface area contributed by atoms with Crippen LogP contribution in [0.1, 0.15) is 43.2 Å². The molecule has 0 amide bonds. The van der Waals surface area contributed by atoms with Gasteiger partial charge in [0.2, 0.25) is 11.9 Å². The van der Waals surface area contributed by atoms with Gasteiger partial charge < -0.3 is 11.5 Å². The molecular weight excluding hydrogens is 363 g/mol. The first kappa shape index (κ1) is 18.9. The molecule has 0 aromatic heterocycles. The molecule has 4 N–H and O–H groups in total. The van der Waals surface area contributed by atoms with E-state index in [0.29, 0.717) is 24.2 Å². The summed E-state index contributed by atoms with van der Waals surface area (Å²) in [6.07, 6.45) is 1.25. The number of hydrogen-bond acceptors (Lipinski definition) is 6. The van der Waals surface area contributed by atoms with E-state index in [4.69, 9.17) is 11.5 Å². The lowest BCUT2D eigenvalue weighted by Gasteiger charge is -2.46. The predicted octanol–water partition coefficient (Wildman–Crippen LogP) is 3.68. The van der Waals surface area contributed by atoms with Crippen molar-refractivity contribution >= 4 is 29.4 Å². The van der Waals surface area contributed by atoms with Crippen LogP contribution < -0.4 is 16.4 Å².